The fourth-order valence-electron chi connectivity index (χ4n) is 0. The second-order valence-corrected chi connectivity index (χ2v) is 0.734. The van der Waals surface area contributed by atoms with Crippen molar-refractivity contribution in [1.29, 1.82) is 0 Å². The van der Waals surface area contributed by atoms with E-state index >= 15 is 0 Å². The van der Waals surface area contributed by atoms with Gasteiger partial charge in [0.05, 0.1) is 6.54 Å². The first-order valence-electron chi connectivity index (χ1n) is 1.66. The highest BCUT2D eigenvalue weighted by atomic mass is 16.7. The largest absolute Gasteiger partial charge is 0.480 e. The van der Waals surface area contributed by atoms with Gasteiger partial charge in [-0.15, -0.1) is 0 Å². The molecular formula is C2H9N3O3. The molecule has 0 radical (unpaired) electrons. The summed E-state index contributed by atoms with van der Waals surface area (Å²) in [5.74, 6) is 7.28. The average molecular weight is 123 g/mol. The summed E-state index contributed by atoms with van der Waals surface area (Å²) < 4.78 is 0. The molecule has 0 amide bonds. The first kappa shape index (κ1) is 10.3. The first-order valence-corrected chi connectivity index (χ1v) is 1.66. The summed E-state index contributed by atoms with van der Waals surface area (Å²) >= 11 is 0. The number of hydrogen-bond donors (Lipinski definition) is 4. The van der Waals surface area contributed by atoms with Crippen molar-refractivity contribution in [3.8, 4) is 0 Å². The van der Waals surface area contributed by atoms with Crippen LogP contribution < -0.4 is 17.5 Å². The van der Waals surface area contributed by atoms with E-state index in [2.05, 4.69) is 22.5 Å². The first-order chi connectivity index (χ1) is 3.68. The summed E-state index contributed by atoms with van der Waals surface area (Å²) in [7, 11) is 0. The van der Waals surface area contributed by atoms with Gasteiger partial charge in [0, 0.05) is 0 Å². The second kappa shape index (κ2) is 9.58. The van der Waals surface area contributed by atoms with Crippen LogP contribution in [-0.4, -0.2) is 17.6 Å². The van der Waals surface area contributed by atoms with E-state index in [0.29, 0.717) is 0 Å². The molecule has 0 aromatic rings. The Hall–Kier alpha value is -0.690. The van der Waals surface area contributed by atoms with Crippen LogP contribution in [0.4, 0.5) is 0 Å². The smallest absolute Gasteiger partial charge is 0.317 e. The third-order valence-electron chi connectivity index (χ3n) is 0.175. The van der Waals surface area contributed by atoms with Crippen LogP contribution in [0.5, 0.6) is 0 Å². The lowest BCUT2D eigenvalue weighted by Gasteiger charge is -1.73. The van der Waals surface area contributed by atoms with Crippen LogP contribution in [0, 0.1) is 0 Å². The lowest BCUT2D eigenvalue weighted by molar-refractivity contribution is -0.135. The maximum Gasteiger partial charge on any atom is 0.317 e. The Balaban J connectivity index is 0. The fourth-order valence-corrected chi connectivity index (χ4v) is 0. The van der Waals surface area contributed by atoms with Crippen LogP contribution in [0.2, 0.25) is 0 Å². The zero-order valence-corrected chi connectivity index (χ0v) is 4.20. The lowest BCUT2D eigenvalue weighted by atomic mass is 10.7. The average Bonchev–Trinajstić information content (AvgIpc) is 1.69. The number of aliphatic carboxylic acids is 1. The molecule has 8 heavy (non-hydrogen) atoms. The topological polar surface area (TPSA) is 125 Å². The quantitative estimate of drug-likeness (QED) is 0.293. The molecule has 0 fully saturated rings. The number of carbonyl (C=O) groups is 1. The van der Waals surface area contributed by atoms with E-state index in [1.807, 2.05) is 0 Å². The molecule has 0 aromatic carbocycles. The monoisotopic (exact) mass is 123 g/mol. The van der Waals surface area contributed by atoms with Crippen molar-refractivity contribution in [2.45, 2.75) is 0 Å². The van der Waals surface area contributed by atoms with Crippen molar-refractivity contribution < 1.29 is 14.8 Å². The molecule has 0 aliphatic heterocycles. The summed E-state index contributed by atoms with van der Waals surface area (Å²) in [5, 5.41) is 7.60. The van der Waals surface area contributed by atoms with Crippen LogP contribution in [-0.2, 0) is 9.73 Å². The number of hydrogen-bond acceptors (Lipinski definition) is 5. The molecule has 7 N–H and O–H groups in total. The van der Waals surface area contributed by atoms with Gasteiger partial charge in [0.25, 0.3) is 0 Å². The zero-order valence-electron chi connectivity index (χ0n) is 4.20. The Bertz CT molecular complexity index is 56.5. The highest BCUT2D eigenvalue weighted by Gasteiger charge is 1.81. The molecule has 0 aromatic heterocycles. The maximum absolute atomic E-state index is 9.24. The van der Waals surface area contributed by atoms with E-state index in [-0.39, 0.29) is 6.54 Å². The molecule has 0 spiro atoms. The van der Waals surface area contributed by atoms with Crippen LogP contribution in [0.3, 0.4) is 0 Å². The zero-order chi connectivity index (χ0) is 6.99. The molecule has 0 rings (SSSR count). The normalized spacial score (nSPS) is 6.88. The molecule has 0 saturated carbocycles. The van der Waals surface area contributed by atoms with Crippen molar-refractivity contribution in [1.82, 2.24) is 0 Å². The molecule has 0 aliphatic rings. The Labute approximate surface area is 46.1 Å². The minimum Gasteiger partial charge on any atom is -0.480 e. The fraction of sp³-hybridized carbons (Fsp3) is 0.500. The molecule has 50 valence electrons. The Morgan fingerprint density at radius 1 is 1.62 bits per heavy atom. The Morgan fingerprint density at radius 3 is 1.75 bits per heavy atom. The molecular weight excluding hydrogens is 114 g/mol. The predicted molar refractivity (Wildman–Crippen MR) is 26.2 cm³/mol. The van der Waals surface area contributed by atoms with Crippen LogP contribution in [0.1, 0.15) is 0 Å². The molecule has 6 nitrogen and oxygen atoms in total. The number of nitrogens with two attached hydrogens (primary N) is 3. The third kappa shape index (κ3) is 57.5. The Kier molecular flexibility index (Phi) is 12.4. The van der Waals surface area contributed by atoms with E-state index in [1.54, 1.807) is 0 Å². The van der Waals surface area contributed by atoms with Gasteiger partial charge in [-0.2, -0.15) is 11.8 Å². The summed E-state index contributed by atoms with van der Waals surface area (Å²) in [6.07, 6.45) is 0. The van der Waals surface area contributed by atoms with Gasteiger partial charge >= 0.3 is 5.97 Å². The van der Waals surface area contributed by atoms with Gasteiger partial charge < -0.3 is 10.8 Å². The maximum atomic E-state index is 9.24. The molecule has 0 atom stereocenters. The minimum atomic E-state index is -0.968. The van der Waals surface area contributed by atoms with Gasteiger partial charge in [0.1, 0.15) is 0 Å². The molecule has 0 unspecified atom stereocenters. The van der Waals surface area contributed by atoms with Crippen LogP contribution in [0.15, 0.2) is 0 Å². The van der Waals surface area contributed by atoms with Crippen molar-refractivity contribution >= 4 is 5.97 Å². The summed E-state index contributed by atoms with van der Waals surface area (Å²) in [4.78, 5) is 12.5. The van der Waals surface area contributed by atoms with Gasteiger partial charge in [-0.3, -0.25) is 4.79 Å². The number of carboxylic acids is 1. The highest BCUT2D eigenvalue weighted by molar-refractivity contribution is 5.68. The third-order valence-corrected chi connectivity index (χ3v) is 0.175. The van der Waals surface area contributed by atoms with Crippen molar-refractivity contribution in [3.63, 3.8) is 0 Å². The minimum absolute atomic E-state index is 0.278. The van der Waals surface area contributed by atoms with E-state index in [4.69, 9.17) is 5.11 Å². The standard InChI is InChI=1S/C2H5NO2.H4N2O/c3-1-2(4)5;1-3-2/h1,3H2,(H,4,5);1-2H2. The molecule has 6 heteroatoms. The SMILES string of the molecule is NCC(=O)O.NON. The lowest BCUT2D eigenvalue weighted by Crippen LogP contribution is -2.10. The highest BCUT2D eigenvalue weighted by Crippen LogP contribution is 1.43. The summed E-state index contributed by atoms with van der Waals surface area (Å²) in [6, 6.07) is 0. The van der Waals surface area contributed by atoms with E-state index in [1.165, 1.54) is 0 Å². The Morgan fingerprint density at radius 2 is 1.75 bits per heavy atom. The van der Waals surface area contributed by atoms with E-state index in [0.717, 1.165) is 0 Å². The van der Waals surface area contributed by atoms with Gasteiger partial charge in [-0.05, 0) is 0 Å². The van der Waals surface area contributed by atoms with Gasteiger partial charge in [-0.25, -0.2) is 4.94 Å². The summed E-state index contributed by atoms with van der Waals surface area (Å²) in [5.41, 5.74) is 4.57. The van der Waals surface area contributed by atoms with Crippen LogP contribution in [0.25, 0.3) is 0 Å². The van der Waals surface area contributed by atoms with E-state index in [9.17, 15) is 4.79 Å². The van der Waals surface area contributed by atoms with E-state index < -0.39 is 5.97 Å². The molecule has 0 aliphatic carbocycles. The van der Waals surface area contributed by atoms with Gasteiger partial charge in [0.15, 0.2) is 0 Å². The van der Waals surface area contributed by atoms with Crippen LogP contribution >= 0.6 is 0 Å². The van der Waals surface area contributed by atoms with Crippen molar-refractivity contribution in [2.75, 3.05) is 6.54 Å². The van der Waals surface area contributed by atoms with Gasteiger partial charge in [-0.1, -0.05) is 0 Å². The van der Waals surface area contributed by atoms with Crippen molar-refractivity contribution in [2.24, 2.45) is 17.5 Å². The predicted octanol–water partition coefficient (Wildman–Crippen LogP) is -2.22. The molecule has 0 bridgehead atoms. The number of carboxylic acid groups (broad SMARTS) is 1. The second-order valence-electron chi connectivity index (χ2n) is 0.734. The van der Waals surface area contributed by atoms with Gasteiger partial charge in [0.2, 0.25) is 0 Å². The molecule has 0 heterocycles. The summed E-state index contributed by atoms with van der Waals surface area (Å²) in [6.45, 7) is -0.278. The number of rotatable bonds is 1. The van der Waals surface area contributed by atoms with Crippen molar-refractivity contribution in [3.05, 3.63) is 0 Å². The molecule has 0 saturated heterocycles.